The van der Waals surface area contributed by atoms with Crippen molar-refractivity contribution < 1.29 is 9.21 Å². The Morgan fingerprint density at radius 2 is 2.07 bits per heavy atom. The molecule has 3 heterocycles. The van der Waals surface area contributed by atoms with Gasteiger partial charge in [-0.25, -0.2) is 0 Å². The van der Waals surface area contributed by atoms with Crippen molar-refractivity contribution in [1.82, 2.24) is 10.2 Å². The molecule has 28 heavy (non-hydrogen) atoms. The van der Waals surface area contributed by atoms with Crippen LogP contribution in [-0.4, -0.2) is 30.4 Å². The lowest BCUT2D eigenvalue weighted by Crippen LogP contribution is -2.40. The first kappa shape index (κ1) is 19.2. The van der Waals surface area contributed by atoms with E-state index in [9.17, 15) is 4.79 Å². The predicted octanol–water partition coefficient (Wildman–Crippen LogP) is 5.32. The van der Waals surface area contributed by atoms with Gasteiger partial charge in [-0.2, -0.15) is 0 Å². The second-order valence-corrected chi connectivity index (χ2v) is 8.56. The van der Waals surface area contributed by atoms with E-state index in [1.165, 1.54) is 29.7 Å². The van der Waals surface area contributed by atoms with Gasteiger partial charge in [0.2, 0.25) is 0 Å². The fourth-order valence-electron chi connectivity index (χ4n) is 4.09. The van der Waals surface area contributed by atoms with Crippen LogP contribution in [-0.2, 0) is 6.42 Å². The fraction of sp³-hybridized carbons (Fsp3) is 0.435. The minimum Gasteiger partial charge on any atom is -0.451 e. The summed E-state index contributed by atoms with van der Waals surface area (Å²) >= 11 is 1.77. The Morgan fingerprint density at radius 1 is 1.25 bits per heavy atom. The van der Waals surface area contributed by atoms with Gasteiger partial charge in [0.15, 0.2) is 5.76 Å². The molecule has 1 saturated heterocycles. The zero-order chi connectivity index (χ0) is 19.5. The molecule has 4 nitrogen and oxygen atoms in total. The van der Waals surface area contributed by atoms with Crippen molar-refractivity contribution in [3.8, 4) is 0 Å². The van der Waals surface area contributed by atoms with Crippen molar-refractivity contribution >= 4 is 28.2 Å². The Kier molecular flexibility index (Phi) is 5.83. The third-order valence-corrected chi connectivity index (χ3v) is 6.75. The van der Waals surface area contributed by atoms with Gasteiger partial charge in [-0.3, -0.25) is 9.69 Å². The number of carbonyl (C=O) groups is 1. The fourth-order valence-corrected chi connectivity index (χ4v) is 4.96. The van der Waals surface area contributed by atoms with Crippen molar-refractivity contribution in [2.45, 2.75) is 45.6 Å². The normalized spacial score (nSPS) is 16.4. The molecular weight excluding hydrogens is 368 g/mol. The Balaban J connectivity index is 1.52. The van der Waals surface area contributed by atoms with Crippen molar-refractivity contribution in [2.75, 3.05) is 19.6 Å². The van der Waals surface area contributed by atoms with Crippen molar-refractivity contribution in [2.24, 2.45) is 0 Å². The number of aryl methyl sites for hydroxylation is 2. The maximum atomic E-state index is 12.9. The van der Waals surface area contributed by atoms with E-state index in [0.717, 1.165) is 36.0 Å². The van der Waals surface area contributed by atoms with Crippen molar-refractivity contribution in [3.05, 3.63) is 57.5 Å². The van der Waals surface area contributed by atoms with Crippen LogP contribution >= 0.6 is 11.3 Å². The number of likely N-dealkylation sites (tertiary alicyclic amines) is 1. The van der Waals surface area contributed by atoms with E-state index in [4.69, 9.17) is 4.42 Å². The van der Waals surface area contributed by atoms with Gasteiger partial charge < -0.3 is 9.73 Å². The quantitative estimate of drug-likeness (QED) is 0.613. The summed E-state index contributed by atoms with van der Waals surface area (Å²) in [6.45, 7) is 6.91. The molecule has 0 spiro atoms. The average Bonchev–Trinajstić information content (AvgIpc) is 3.37. The lowest BCUT2D eigenvalue weighted by Gasteiger charge is -2.34. The predicted molar refractivity (Wildman–Crippen MR) is 115 cm³/mol. The van der Waals surface area contributed by atoms with E-state index in [1.807, 2.05) is 13.0 Å². The van der Waals surface area contributed by atoms with Crippen LogP contribution in [0.25, 0.3) is 11.0 Å². The van der Waals surface area contributed by atoms with Gasteiger partial charge in [-0.05, 0) is 68.4 Å². The van der Waals surface area contributed by atoms with E-state index >= 15 is 0 Å². The van der Waals surface area contributed by atoms with E-state index in [1.54, 1.807) is 11.3 Å². The number of piperidine rings is 1. The van der Waals surface area contributed by atoms with E-state index in [-0.39, 0.29) is 11.9 Å². The number of thiophene rings is 1. The number of fused-ring (bicyclic) bond motifs is 1. The number of nitrogens with zero attached hydrogens (tertiary/aromatic N) is 1. The zero-order valence-corrected chi connectivity index (χ0v) is 17.5. The molecule has 1 aliphatic heterocycles. The molecular formula is C23H28N2O2S. The van der Waals surface area contributed by atoms with Crippen LogP contribution in [0.5, 0.6) is 0 Å². The molecule has 1 unspecified atom stereocenters. The molecule has 3 aromatic rings. The average molecular weight is 397 g/mol. The maximum absolute atomic E-state index is 12.9. The van der Waals surface area contributed by atoms with Gasteiger partial charge >= 0.3 is 0 Å². The number of benzene rings is 1. The van der Waals surface area contributed by atoms with Gasteiger partial charge in [-0.1, -0.05) is 25.5 Å². The molecule has 1 N–H and O–H groups in total. The molecule has 0 radical (unpaired) electrons. The summed E-state index contributed by atoms with van der Waals surface area (Å²) in [7, 11) is 0. The highest BCUT2D eigenvalue weighted by Gasteiger charge is 2.25. The van der Waals surface area contributed by atoms with Gasteiger partial charge in [0.05, 0.1) is 6.04 Å². The molecule has 148 valence electrons. The summed E-state index contributed by atoms with van der Waals surface area (Å²) < 4.78 is 5.91. The smallest absolute Gasteiger partial charge is 0.287 e. The maximum Gasteiger partial charge on any atom is 0.287 e. The number of amides is 1. The largest absolute Gasteiger partial charge is 0.451 e. The first-order valence-electron chi connectivity index (χ1n) is 10.2. The molecule has 1 aliphatic rings. The van der Waals surface area contributed by atoms with E-state index < -0.39 is 0 Å². The summed E-state index contributed by atoms with van der Waals surface area (Å²) in [6, 6.07) is 10.7. The van der Waals surface area contributed by atoms with Crippen LogP contribution in [0.1, 0.15) is 58.8 Å². The zero-order valence-electron chi connectivity index (χ0n) is 16.7. The summed E-state index contributed by atoms with van der Waals surface area (Å²) in [5, 5.41) is 6.30. The molecule has 5 heteroatoms. The van der Waals surface area contributed by atoms with Crippen LogP contribution in [0.3, 0.4) is 0 Å². The molecule has 0 saturated carbocycles. The summed E-state index contributed by atoms with van der Waals surface area (Å²) in [4.78, 5) is 16.8. The van der Waals surface area contributed by atoms with Gasteiger partial charge in [0, 0.05) is 22.4 Å². The monoisotopic (exact) mass is 396 g/mol. The minimum absolute atomic E-state index is 0.120. The highest BCUT2D eigenvalue weighted by molar-refractivity contribution is 7.10. The standard InChI is InChI=1S/C23H28N2O2S/c1-3-17-9-10-20-18(14-17)16(2)22(27-20)23(26)24-15-19(21-8-7-13-28-21)25-11-5-4-6-12-25/h7-10,13-14,19H,3-6,11-12,15H2,1-2H3,(H,24,26). The molecule has 1 amide bonds. The first-order valence-corrected chi connectivity index (χ1v) is 11.1. The Labute approximate surface area is 170 Å². The minimum atomic E-state index is -0.120. The van der Waals surface area contributed by atoms with Gasteiger partial charge in [-0.15, -0.1) is 11.3 Å². The first-order chi connectivity index (χ1) is 13.7. The summed E-state index contributed by atoms with van der Waals surface area (Å²) in [6.07, 6.45) is 4.74. The Bertz CT molecular complexity index is 939. The van der Waals surface area contributed by atoms with E-state index in [0.29, 0.717) is 12.3 Å². The third-order valence-electron chi connectivity index (χ3n) is 5.77. The molecule has 1 fully saturated rings. The molecule has 2 aromatic heterocycles. The second-order valence-electron chi connectivity index (χ2n) is 7.58. The van der Waals surface area contributed by atoms with Crippen molar-refractivity contribution in [3.63, 3.8) is 0 Å². The van der Waals surface area contributed by atoms with Crippen LogP contribution < -0.4 is 5.32 Å². The van der Waals surface area contributed by atoms with Crippen molar-refractivity contribution in [1.29, 1.82) is 0 Å². The molecule has 4 rings (SSSR count). The molecule has 0 aliphatic carbocycles. The SMILES string of the molecule is CCc1ccc2oc(C(=O)NCC(c3cccs3)N3CCCCC3)c(C)c2c1. The number of nitrogens with one attached hydrogen (secondary N) is 1. The third kappa shape index (κ3) is 3.87. The topological polar surface area (TPSA) is 45.5 Å². The van der Waals surface area contributed by atoms with E-state index in [2.05, 4.69) is 46.8 Å². The summed E-state index contributed by atoms with van der Waals surface area (Å²) in [5.74, 6) is 0.317. The molecule has 1 atom stereocenters. The number of hydrogen-bond acceptors (Lipinski definition) is 4. The Morgan fingerprint density at radius 3 is 2.79 bits per heavy atom. The highest BCUT2D eigenvalue weighted by atomic mass is 32.1. The second kappa shape index (κ2) is 8.50. The molecule has 1 aromatic carbocycles. The lowest BCUT2D eigenvalue weighted by atomic mass is 10.1. The number of hydrogen-bond donors (Lipinski definition) is 1. The van der Waals surface area contributed by atoms with Crippen LogP contribution in [0.2, 0.25) is 0 Å². The molecule has 0 bridgehead atoms. The number of rotatable bonds is 6. The number of furan rings is 1. The Hall–Kier alpha value is -2.11. The van der Waals surface area contributed by atoms with Crippen LogP contribution in [0.4, 0.5) is 0 Å². The summed E-state index contributed by atoms with van der Waals surface area (Å²) in [5.41, 5.74) is 2.96. The highest BCUT2D eigenvalue weighted by Crippen LogP contribution is 2.29. The van der Waals surface area contributed by atoms with Crippen LogP contribution in [0, 0.1) is 6.92 Å². The lowest BCUT2D eigenvalue weighted by molar-refractivity contribution is 0.0899. The van der Waals surface area contributed by atoms with Crippen LogP contribution in [0.15, 0.2) is 40.1 Å². The number of carbonyl (C=O) groups excluding carboxylic acids is 1. The van der Waals surface area contributed by atoms with Gasteiger partial charge in [0.25, 0.3) is 5.91 Å². The van der Waals surface area contributed by atoms with Gasteiger partial charge in [0.1, 0.15) is 5.58 Å².